The van der Waals surface area contributed by atoms with Gasteiger partial charge in [-0.05, 0) is 26.3 Å². The van der Waals surface area contributed by atoms with Crippen molar-refractivity contribution >= 4 is 5.91 Å². The lowest BCUT2D eigenvalue weighted by molar-refractivity contribution is -0.140. The van der Waals surface area contributed by atoms with E-state index in [1.807, 2.05) is 15.7 Å². The van der Waals surface area contributed by atoms with Crippen LogP contribution in [0.5, 0.6) is 0 Å². The molecule has 0 unspecified atom stereocenters. The molecular weight excluding hydrogens is 268 g/mol. The third-order valence-electron chi connectivity index (χ3n) is 4.88. The van der Waals surface area contributed by atoms with Gasteiger partial charge in [0.1, 0.15) is 0 Å². The Kier molecular flexibility index (Phi) is 3.99. The number of hydrogen-bond donors (Lipinski definition) is 1. The van der Waals surface area contributed by atoms with E-state index in [2.05, 4.69) is 16.9 Å². The van der Waals surface area contributed by atoms with Gasteiger partial charge in [-0.2, -0.15) is 0 Å². The highest BCUT2D eigenvalue weighted by Crippen LogP contribution is 2.48. The minimum Gasteiger partial charge on any atom is -0.396 e. The lowest BCUT2D eigenvalue weighted by Crippen LogP contribution is -2.55. The minimum atomic E-state index is -0.208. The Morgan fingerprint density at radius 1 is 1.43 bits per heavy atom. The maximum atomic E-state index is 12.9. The van der Waals surface area contributed by atoms with E-state index in [0.29, 0.717) is 0 Å². The van der Waals surface area contributed by atoms with E-state index >= 15 is 0 Å². The number of imidazole rings is 1. The second-order valence-electron chi connectivity index (χ2n) is 6.41. The Bertz CT molecular complexity index is 484. The summed E-state index contributed by atoms with van der Waals surface area (Å²) in [6, 6.07) is 0.275. The molecule has 1 aliphatic heterocycles. The number of aromatic nitrogens is 2. The Labute approximate surface area is 125 Å². The van der Waals surface area contributed by atoms with Gasteiger partial charge in [-0.3, -0.25) is 9.69 Å². The first-order chi connectivity index (χ1) is 10.1. The molecule has 0 aromatic carbocycles. The molecule has 0 spiro atoms. The van der Waals surface area contributed by atoms with Crippen molar-refractivity contribution < 1.29 is 9.90 Å². The van der Waals surface area contributed by atoms with Crippen LogP contribution in [0.2, 0.25) is 0 Å². The van der Waals surface area contributed by atoms with Crippen LogP contribution in [0.15, 0.2) is 18.7 Å². The molecule has 1 saturated carbocycles. The predicted molar refractivity (Wildman–Crippen MR) is 78.6 cm³/mol. The molecule has 1 atom stereocenters. The average molecular weight is 292 g/mol. The average Bonchev–Trinajstić information content (AvgIpc) is 3.07. The number of amides is 1. The fourth-order valence-electron chi connectivity index (χ4n) is 3.25. The van der Waals surface area contributed by atoms with Crippen molar-refractivity contribution in [3.05, 3.63) is 18.7 Å². The Hall–Kier alpha value is -1.40. The fraction of sp³-hybridized carbons (Fsp3) is 0.733. The van der Waals surface area contributed by atoms with E-state index in [9.17, 15) is 4.79 Å². The molecule has 3 rings (SSSR count). The second-order valence-corrected chi connectivity index (χ2v) is 6.41. The molecule has 6 heteroatoms. The molecule has 0 radical (unpaired) electrons. The van der Waals surface area contributed by atoms with Gasteiger partial charge in [-0.1, -0.05) is 0 Å². The summed E-state index contributed by atoms with van der Waals surface area (Å²) < 4.78 is 2.01. The van der Waals surface area contributed by atoms with Crippen molar-refractivity contribution in [3.8, 4) is 0 Å². The first-order valence-corrected chi connectivity index (χ1v) is 7.71. The topological polar surface area (TPSA) is 61.6 Å². The lowest BCUT2D eigenvalue weighted by Gasteiger charge is -2.40. The number of nitrogens with zero attached hydrogens (tertiary/aromatic N) is 4. The van der Waals surface area contributed by atoms with E-state index in [0.717, 1.165) is 45.4 Å². The highest BCUT2D eigenvalue weighted by atomic mass is 16.3. The van der Waals surface area contributed by atoms with Crippen LogP contribution in [-0.2, 0) is 11.3 Å². The normalized spacial score (nSPS) is 25.0. The molecular formula is C15H24N4O2. The molecule has 1 aromatic rings. The van der Waals surface area contributed by atoms with Crippen molar-refractivity contribution in [2.24, 2.45) is 5.41 Å². The van der Waals surface area contributed by atoms with Gasteiger partial charge in [-0.15, -0.1) is 0 Å². The zero-order chi connectivity index (χ0) is 14.9. The number of rotatable bonds is 5. The van der Waals surface area contributed by atoms with Crippen LogP contribution < -0.4 is 0 Å². The van der Waals surface area contributed by atoms with Crippen molar-refractivity contribution in [2.45, 2.75) is 31.8 Å². The van der Waals surface area contributed by atoms with Gasteiger partial charge in [0.05, 0.1) is 11.7 Å². The first-order valence-electron chi connectivity index (χ1n) is 7.71. The van der Waals surface area contributed by atoms with Gasteiger partial charge in [0.2, 0.25) is 5.91 Å². The Balaban J connectivity index is 1.64. The van der Waals surface area contributed by atoms with Gasteiger partial charge >= 0.3 is 0 Å². The van der Waals surface area contributed by atoms with Crippen LogP contribution >= 0.6 is 0 Å². The zero-order valence-corrected chi connectivity index (χ0v) is 12.6. The third kappa shape index (κ3) is 2.96. The number of hydrogen-bond acceptors (Lipinski definition) is 4. The molecule has 0 bridgehead atoms. The summed E-state index contributed by atoms with van der Waals surface area (Å²) in [6.07, 6.45) is 8.14. The van der Waals surface area contributed by atoms with E-state index in [1.54, 1.807) is 12.5 Å². The van der Waals surface area contributed by atoms with E-state index < -0.39 is 0 Å². The van der Waals surface area contributed by atoms with Crippen molar-refractivity contribution in [2.75, 3.05) is 33.3 Å². The molecule has 6 nitrogen and oxygen atoms in total. The van der Waals surface area contributed by atoms with Crippen LogP contribution in [0.1, 0.15) is 19.3 Å². The quantitative estimate of drug-likeness (QED) is 0.841. The predicted octanol–water partition coefficient (Wildman–Crippen LogP) is 0.188. The molecule has 2 aliphatic rings. The van der Waals surface area contributed by atoms with E-state index in [-0.39, 0.29) is 24.0 Å². The number of aliphatic hydroxyl groups excluding tert-OH is 1. The highest BCUT2D eigenvalue weighted by Gasteiger charge is 2.52. The van der Waals surface area contributed by atoms with E-state index in [4.69, 9.17) is 5.11 Å². The monoisotopic (exact) mass is 292 g/mol. The van der Waals surface area contributed by atoms with Crippen LogP contribution in [-0.4, -0.2) is 69.7 Å². The number of piperazine rings is 1. The van der Waals surface area contributed by atoms with Crippen LogP contribution in [0, 0.1) is 5.41 Å². The zero-order valence-electron chi connectivity index (χ0n) is 12.6. The summed E-state index contributed by atoms with van der Waals surface area (Å²) in [6.45, 7) is 3.34. The number of carbonyl (C=O) groups is 1. The Morgan fingerprint density at radius 2 is 2.24 bits per heavy atom. The largest absolute Gasteiger partial charge is 0.396 e. The molecule has 2 heterocycles. The minimum absolute atomic E-state index is 0.178. The maximum absolute atomic E-state index is 12.9. The van der Waals surface area contributed by atoms with Gasteiger partial charge in [0.15, 0.2) is 0 Å². The Morgan fingerprint density at radius 3 is 2.86 bits per heavy atom. The fourth-order valence-corrected chi connectivity index (χ4v) is 3.25. The SMILES string of the molecule is CN1CCN(C(=O)C2(Cn3ccnc3)CC2)C[C@H]1CCO. The molecule has 1 amide bonds. The molecule has 2 fully saturated rings. The summed E-state index contributed by atoms with van der Waals surface area (Å²) in [5.74, 6) is 0.284. The van der Waals surface area contributed by atoms with Gasteiger partial charge < -0.3 is 14.6 Å². The molecule has 1 aromatic heterocycles. The first kappa shape index (κ1) is 14.5. The van der Waals surface area contributed by atoms with Crippen molar-refractivity contribution in [3.63, 3.8) is 0 Å². The van der Waals surface area contributed by atoms with Crippen molar-refractivity contribution in [1.29, 1.82) is 0 Å². The molecule has 1 aliphatic carbocycles. The van der Waals surface area contributed by atoms with E-state index in [1.165, 1.54) is 0 Å². The van der Waals surface area contributed by atoms with Gasteiger partial charge in [-0.25, -0.2) is 4.98 Å². The van der Waals surface area contributed by atoms with Gasteiger partial charge in [0.25, 0.3) is 0 Å². The summed E-state index contributed by atoms with van der Waals surface area (Å²) in [5, 5.41) is 9.16. The van der Waals surface area contributed by atoms with Gasteiger partial charge in [0, 0.05) is 51.2 Å². The van der Waals surface area contributed by atoms with Crippen LogP contribution in [0.4, 0.5) is 0 Å². The summed E-state index contributed by atoms with van der Waals surface area (Å²) in [4.78, 5) is 21.2. The standard InChI is InChI=1S/C15H24N4O2/c1-17-7-8-19(10-13(17)2-9-20)14(21)15(3-4-15)11-18-6-5-16-12-18/h5-6,12-13,20H,2-4,7-11H2,1H3/t13-/m1/s1. The summed E-state index contributed by atoms with van der Waals surface area (Å²) in [5.41, 5.74) is -0.208. The number of carbonyl (C=O) groups excluding carboxylic acids is 1. The summed E-state index contributed by atoms with van der Waals surface area (Å²) >= 11 is 0. The molecule has 1 saturated heterocycles. The van der Waals surface area contributed by atoms with Crippen LogP contribution in [0.3, 0.4) is 0 Å². The molecule has 1 N–H and O–H groups in total. The smallest absolute Gasteiger partial charge is 0.230 e. The number of likely N-dealkylation sites (N-methyl/N-ethyl adjacent to an activating group) is 1. The lowest BCUT2D eigenvalue weighted by atomic mass is 10.0. The molecule has 21 heavy (non-hydrogen) atoms. The molecule has 116 valence electrons. The maximum Gasteiger partial charge on any atom is 0.230 e. The van der Waals surface area contributed by atoms with Crippen LogP contribution in [0.25, 0.3) is 0 Å². The third-order valence-corrected chi connectivity index (χ3v) is 4.88. The second kappa shape index (κ2) is 5.77. The van der Waals surface area contributed by atoms with Crippen molar-refractivity contribution in [1.82, 2.24) is 19.4 Å². The summed E-state index contributed by atoms with van der Waals surface area (Å²) in [7, 11) is 2.07. The number of aliphatic hydroxyl groups is 1. The highest BCUT2D eigenvalue weighted by molar-refractivity contribution is 5.85.